The number of aryl methyl sites for hydroxylation is 3. The molecule has 2 fully saturated rings. The van der Waals surface area contributed by atoms with Crippen molar-refractivity contribution >= 4 is 43.5 Å². The lowest BCUT2D eigenvalue weighted by Gasteiger charge is -2.36. The Labute approximate surface area is 357 Å². The number of aromatic nitrogens is 3. The van der Waals surface area contributed by atoms with E-state index in [9.17, 15) is 18.3 Å². The number of benzene rings is 4. The number of piperazine rings is 1. The Kier molecular flexibility index (Phi) is 12.6. The van der Waals surface area contributed by atoms with Gasteiger partial charge in [0.05, 0.1) is 31.2 Å². The normalized spacial score (nSPS) is 15.6. The van der Waals surface area contributed by atoms with Crippen LogP contribution in [0.3, 0.4) is 0 Å². The van der Waals surface area contributed by atoms with Gasteiger partial charge < -0.3 is 28.8 Å². The van der Waals surface area contributed by atoms with Gasteiger partial charge in [0.1, 0.15) is 23.8 Å². The summed E-state index contributed by atoms with van der Waals surface area (Å²) >= 11 is 0. The molecule has 61 heavy (non-hydrogen) atoms. The van der Waals surface area contributed by atoms with Gasteiger partial charge in [-0.1, -0.05) is 48.5 Å². The maximum absolute atomic E-state index is 13.2. The maximum Gasteiger partial charge on any atom is 0.352 e. The lowest BCUT2D eigenvalue weighted by Crippen LogP contribution is -2.51. The number of anilines is 1. The molecule has 4 heterocycles. The van der Waals surface area contributed by atoms with Crippen LogP contribution in [0.4, 0.5) is 5.69 Å². The van der Waals surface area contributed by atoms with Gasteiger partial charge in [-0.2, -0.15) is 22.1 Å². The van der Waals surface area contributed by atoms with Gasteiger partial charge in [0, 0.05) is 101 Å². The van der Waals surface area contributed by atoms with Crippen LogP contribution in [-0.2, 0) is 41.6 Å². The Balaban J connectivity index is 1.03. The summed E-state index contributed by atoms with van der Waals surface area (Å²) in [4.78, 5) is 17.7. The van der Waals surface area contributed by atoms with Gasteiger partial charge in [-0.3, -0.25) is 9.58 Å². The van der Waals surface area contributed by atoms with Crippen LogP contribution in [0, 0.1) is 6.92 Å². The first-order valence-electron chi connectivity index (χ1n) is 21.0. The van der Waals surface area contributed by atoms with Crippen LogP contribution in [0.5, 0.6) is 11.5 Å². The molecule has 4 aromatic carbocycles. The zero-order valence-electron chi connectivity index (χ0n) is 35.4. The second kappa shape index (κ2) is 18.3. The molecule has 0 spiro atoms. The van der Waals surface area contributed by atoms with E-state index in [0.29, 0.717) is 83.4 Å². The topological polar surface area (TPSA) is 135 Å². The average molecular weight is 850 g/mol. The number of hydrogen-bond acceptors (Lipinski definition) is 9. The van der Waals surface area contributed by atoms with E-state index in [4.69, 9.17) is 19.3 Å². The Morgan fingerprint density at radius 1 is 0.869 bits per heavy atom. The Morgan fingerprint density at radius 2 is 1.61 bits per heavy atom. The van der Waals surface area contributed by atoms with E-state index in [0.717, 1.165) is 74.3 Å². The smallest absolute Gasteiger partial charge is 0.352 e. The van der Waals surface area contributed by atoms with Crippen LogP contribution >= 0.6 is 0 Å². The molecule has 0 amide bonds. The van der Waals surface area contributed by atoms with E-state index in [-0.39, 0.29) is 6.61 Å². The Morgan fingerprint density at radius 3 is 2.34 bits per heavy atom. The average Bonchev–Trinajstić information content (AvgIpc) is 3.74. The van der Waals surface area contributed by atoms with E-state index >= 15 is 0 Å². The van der Waals surface area contributed by atoms with Gasteiger partial charge in [0.15, 0.2) is 0 Å². The largest absolute Gasteiger partial charge is 0.493 e. The summed E-state index contributed by atoms with van der Waals surface area (Å²) in [5.74, 6) is 0.584. The zero-order chi connectivity index (χ0) is 42.7. The van der Waals surface area contributed by atoms with E-state index in [1.54, 1.807) is 14.1 Å². The number of fused-ring (bicyclic) bond motifs is 2. The minimum atomic E-state index is -3.44. The molecule has 322 valence electrons. The first-order chi connectivity index (χ1) is 29.5. The summed E-state index contributed by atoms with van der Waals surface area (Å²) in [5, 5.41) is 18.7. The standard InChI is InChI=1S/C46H55N7O7S/c1-33-44(42(49(4)47-33)32-60-37-17-15-36(16-18-37)51-21-23-52(24-22-51)61(56,57)48(2)3)35-14-19-39-40(12-8-28-59-43-13-7-10-34-9-5-6-11-38(34)43)45(46(54)55)53(41(39)31-35)25-20-50-26-29-58-30-27-50/h5-7,9-11,13-19,31H,8,12,20-30,32H2,1-4H3,(H,54,55). The second-order valence-corrected chi connectivity index (χ2v) is 18.0. The van der Waals surface area contributed by atoms with E-state index in [1.165, 1.54) is 8.61 Å². The molecule has 0 saturated carbocycles. The number of morpholine rings is 1. The van der Waals surface area contributed by atoms with Crippen molar-refractivity contribution in [1.29, 1.82) is 0 Å². The molecule has 1 N–H and O–H groups in total. The summed E-state index contributed by atoms with van der Waals surface area (Å²) in [7, 11) is 1.59. The number of hydrogen-bond donors (Lipinski definition) is 1. The fourth-order valence-electron chi connectivity index (χ4n) is 8.69. The van der Waals surface area contributed by atoms with Crippen LogP contribution in [0.25, 0.3) is 32.8 Å². The van der Waals surface area contributed by atoms with Gasteiger partial charge in [-0.05, 0) is 72.7 Å². The van der Waals surface area contributed by atoms with Gasteiger partial charge in [0.25, 0.3) is 10.2 Å². The summed E-state index contributed by atoms with van der Waals surface area (Å²) in [6.07, 6.45) is 1.20. The van der Waals surface area contributed by atoms with Gasteiger partial charge in [-0.25, -0.2) is 4.79 Å². The minimum absolute atomic E-state index is 0.269. The van der Waals surface area contributed by atoms with E-state index in [1.807, 2.05) is 71.8 Å². The highest BCUT2D eigenvalue weighted by Gasteiger charge is 2.29. The van der Waals surface area contributed by atoms with Crippen LogP contribution < -0.4 is 14.4 Å². The monoisotopic (exact) mass is 849 g/mol. The molecule has 2 aliphatic heterocycles. The number of rotatable bonds is 16. The SMILES string of the molecule is Cc1nn(C)c(COc2ccc(N3CCN(S(=O)(=O)N(C)C)CC3)cc2)c1-c1ccc2c(CCCOc3cccc4ccccc34)c(C(=O)O)n(CCN3CCOCC3)c2c1. The zero-order valence-corrected chi connectivity index (χ0v) is 36.2. The molecule has 0 bridgehead atoms. The van der Waals surface area contributed by atoms with Crippen molar-refractivity contribution in [2.75, 3.05) is 84.6 Å². The van der Waals surface area contributed by atoms with Crippen molar-refractivity contribution in [3.8, 4) is 22.6 Å². The quantitative estimate of drug-likeness (QED) is 0.115. The summed E-state index contributed by atoms with van der Waals surface area (Å²) in [6, 6.07) is 28.3. The molecule has 0 unspecified atom stereocenters. The molecule has 6 aromatic rings. The molecule has 0 aliphatic carbocycles. The molecular weight excluding hydrogens is 795 g/mol. The number of carboxylic acid groups (broad SMARTS) is 1. The molecule has 0 atom stereocenters. The van der Waals surface area contributed by atoms with Gasteiger partial charge >= 0.3 is 5.97 Å². The highest BCUT2D eigenvalue weighted by atomic mass is 32.2. The summed E-state index contributed by atoms with van der Waals surface area (Å²) in [6.45, 7) is 8.95. The van der Waals surface area contributed by atoms with Crippen molar-refractivity contribution in [3.63, 3.8) is 0 Å². The van der Waals surface area contributed by atoms with Crippen molar-refractivity contribution in [1.82, 2.24) is 27.9 Å². The first-order valence-corrected chi connectivity index (χ1v) is 22.4. The molecule has 2 saturated heterocycles. The van der Waals surface area contributed by atoms with E-state index in [2.05, 4.69) is 46.2 Å². The number of nitrogens with zero attached hydrogens (tertiary/aromatic N) is 7. The van der Waals surface area contributed by atoms with Gasteiger partial charge in [-0.15, -0.1) is 0 Å². The maximum atomic E-state index is 13.2. The molecule has 0 radical (unpaired) electrons. The highest BCUT2D eigenvalue weighted by Crippen LogP contribution is 2.35. The molecule has 14 nitrogen and oxygen atoms in total. The lowest BCUT2D eigenvalue weighted by atomic mass is 9.99. The predicted molar refractivity (Wildman–Crippen MR) is 238 cm³/mol. The van der Waals surface area contributed by atoms with Crippen LogP contribution in [-0.4, -0.2) is 127 Å². The Bertz CT molecular complexity index is 2600. The minimum Gasteiger partial charge on any atom is -0.493 e. The number of ether oxygens (including phenoxy) is 3. The lowest BCUT2D eigenvalue weighted by molar-refractivity contribution is 0.0362. The van der Waals surface area contributed by atoms with Crippen molar-refractivity contribution in [2.45, 2.75) is 32.9 Å². The third kappa shape index (κ3) is 8.98. The molecule has 2 aliphatic rings. The predicted octanol–water partition coefficient (Wildman–Crippen LogP) is 6.05. The van der Waals surface area contributed by atoms with Crippen LogP contribution in [0.1, 0.15) is 33.9 Å². The molecule has 2 aromatic heterocycles. The fraction of sp³-hybridized carbons (Fsp3) is 0.391. The summed E-state index contributed by atoms with van der Waals surface area (Å²) < 4.78 is 50.0. The third-order valence-electron chi connectivity index (χ3n) is 11.9. The molecule has 15 heteroatoms. The first kappa shape index (κ1) is 42.2. The van der Waals surface area contributed by atoms with Crippen LogP contribution in [0.15, 0.2) is 84.9 Å². The Hall–Kier alpha value is -5.45. The number of aromatic carboxylic acids is 1. The second-order valence-electron chi connectivity index (χ2n) is 15.9. The molecule has 8 rings (SSSR count). The van der Waals surface area contributed by atoms with Crippen molar-refractivity contribution in [3.05, 3.63) is 108 Å². The highest BCUT2D eigenvalue weighted by molar-refractivity contribution is 7.86. The van der Waals surface area contributed by atoms with Crippen LogP contribution in [0.2, 0.25) is 0 Å². The molecular formula is C46H55N7O7S. The third-order valence-corrected chi connectivity index (χ3v) is 13.9. The number of carbonyl (C=O) groups is 1. The van der Waals surface area contributed by atoms with Crippen molar-refractivity contribution < 1.29 is 32.5 Å². The van der Waals surface area contributed by atoms with E-state index < -0.39 is 16.2 Å². The fourth-order valence-corrected chi connectivity index (χ4v) is 9.77. The summed E-state index contributed by atoms with van der Waals surface area (Å²) in [5.41, 5.74) is 6.66. The van der Waals surface area contributed by atoms with Gasteiger partial charge in [0.2, 0.25) is 0 Å². The number of carboxylic acids is 1. The van der Waals surface area contributed by atoms with Crippen molar-refractivity contribution in [2.24, 2.45) is 7.05 Å².